The van der Waals surface area contributed by atoms with Crippen LogP contribution in [0.5, 0.6) is 5.75 Å². The van der Waals surface area contributed by atoms with Gasteiger partial charge in [-0.1, -0.05) is 26.0 Å². The highest BCUT2D eigenvalue weighted by atomic mass is 16.4. The van der Waals surface area contributed by atoms with Crippen molar-refractivity contribution in [1.82, 2.24) is 25.9 Å². The average Bonchev–Trinajstić information content (AvgIpc) is 3.30. The Hall–Kier alpha value is -3.93. The van der Waals surface area contributed by atoms with E-state index in [4.69, 9.17) is 5.73 Å². The molecule has 0 aliphatic rings. The third-order valence-electron chi connectivity index (χ3n) is 5.32. The van der Waals surface area contributed by atoms with Gasteiger partial charge in [0.15, 0.2) is 0 Å². The van der Waals surface area contributed by atoms with Gasteiger partial charge in [-0.25, -0.2) is 9.78 Å². The van der Waals surface area contributed by atoms with Crippen molar-refractivity contribution in [1.29, 1.82) is 0 Å². The number of nitrogens with two attached hydrogens (primary N) is 1. The van der Waals surface area contributed by atoms with E-state index in [2.05, 4.69) is 25.9 Å². The van der Waals surface area contributed by atoms with Gasteiger partial charge in [0, 0.05) is 24.7 Å². The normalized spacial score (nSPS) is 14.4. The number of phenols is 1. The van der Waals surface area contributed by atoms with Crippen molar-refractivity contribution >= 4 is 23.7 Å². The fraction of sp³-hybridized carbons (Fsp3) is 0.435. The molecule has 0 aliphatic carbocycles. The molecule has 2 rings (SSSR count). The van der Waals surface area contributed by atoms with Crippen LogP contribution in [0.2, 0.25) is 0 Å². The number of carbonyl (C=O) groups excluding carboxylic acids is 3. The van der Waals surface area contributed by atoms with Crippen molar-refractivity contribution in [2.45, 2.75) is 57.8 Å². The number of carboxylic acids is 1. The molecular formula is C23H32N6O6. The molecule has 0 spiro atoms. The first-order valence-electron chi connectivity index (χ1n) is 11.1. The Balaban J connectivity index is 1.97. The zero-order valence-corrected chi connectivity index (χ0v) is 19.8. The van der Waals surface area contributed by atoms with Gasteiger partial charge >= 0.3 is 5.97 Å². The first-order valence-corrected chi connectivity index (χ1v) is 11.1. The van der Waals surface area contributed by atoms with E-state index in [1.165, 1.54) is 25.4 Å². The van der Waals surface area contributed by atoms with Crippen molar-refractivity contribution in [3.8, 4) is 5.75 Å². The van der Waals surface area contributed by atoms with Crippen molar-refractivity contribution in [3.05, 3.63) is 48.0 Å². The molecule has 12 nitrogen and oxygen atoms in total. The van der Waals surface area contributed by atoms with Crippen molar-refractivity contribution in [2.75, 3.05) is 0 Å². The van der Waals surface area contributed by atoms with E-state index in [1.54, 1.807) is 32.2 Å². The van der Waals surface area contributed by atoms with Crippen molar-refractivity contribution in [3.63, 3.8) is 0 Å². The Morgan fingerprint density at radius 2 is 1.63 bits per heavy atom. The molecule has 1 aromatic heterocycles. The molecule has 2 aromatic rings. The van der Waals surface area contributed by atoms with E-state index in [1.807, 2.05) is 0 Å². The fourth-order valence-corrected chi connectivity index (χ4v) is 3.25. The molecule has 4 unspecified atom stereocenters. The van der Waals surface area contributed by atoms with Gasteiger partial charge in [0.05, 0.1) is 12.4 Å². The van der Waals surface area contributed by atoms with E-state index < -0.39 is 47.9 Å². The summed E-state index contributed by atoms with van der Waals surface area (Å²) in [6, 6.07) is 1.77. The van der Waals surface area contributed by atoms with Crippen LogP contribution in [0.1, 0.15) is 32.0 Å². The summed E-state index contributed by atoms with van der Waals surface area (Å²) < 4.78 is 0. The number of amides is 3. The molecule has 35 heavy (non-hydrogen) atoms. The minimum Gasteiger partial charge on any atom is -0.508 e. The Morgan fingerprint density at radius 3 is 2.17 bits per heavy atom. The maximum absolute atomic E-state index is 12.9. The highest BCUT2D eigenvalue weighted by Gasteiger charge is 2.30. The van der Waals surface area contributed by atoms with Gasteiger partial charge in [0.1, 0.15) is 23.9 Å². The van der Waals surface area contributed by atoms with Gasteiger partial charge in [0.2, 0.25) is 17.7 Å². The molecule has 4 atom stereocenters. The molecule has 1 aromatic carbocycles. The molecule has 0 bridgehead atoms. The van der Waals surface area contributed by atoms with Gasteiger partial charge < -0.3 is 36.9 Å². The largest absolute Gasteiger partial charge is 0.508 e. The smallest absolute Gasteiger partial charge is 0.326 e. The van der Waals surface area contributed by atoms with Crippen LogP contribution in [0.3, 0.4) is 0 Å². The van der Waals surface area contributed by atoms with E-state index in [-0.39, 0.29) is 24.5 Å². The first-order chi connectivity index (χ1) is 16.5. The van der Waals surface area contributed by atoms with Gasteiger partial charge in [0.25, 0.3) is 0 Å². The summed E-state index contributed by atoms with van der Waals surface area (Å²) >= 11 is 0. The number of nitrogens with zero attached hydrogens (tertiary/aromatic N) is 1. The van der Waals surface area contributed by atoms with Crippen LogP contribution in [0, 0.1) is 5.92 Å². The number of rotatable bonds is 12. The lowest BCUT2D eigenvalue weighted by Gasteiger charge is -2.26. The van der Waals surface area contributed by atoms with E-state index in [0.717, 1.165) is 0 Å². The summed E-state index contributed by atoms with van der Waals surface area (Å²) in [5.41, 5.74) is 7.15. The summed E-state index contributed by atoms with van der Waals surface area (Å²) in [4.78, 5) is 56.3. The van der Waals surface area contributed by atoms with Crippen molar-refractivity contribution < 1.29 is 29.4 Å². The summed E-state index contributed by atoms with van der Waals surface area (Å²) in [6.07, 6.45) is 3.20. The second-order valence-electron chi connectivity index (χ2n) is 8.62. The number of aromatic nitrogens is 2. The summed E-state index contributed by atoms with van der Waals surface area (Å²) in [5, 5.41) is 26.5. The van der Waals surface area contributed by atoms with Crippen LogP contribution in [0.4, 0.5) is 0 Å². The summed E-state index contributed by atoms with van der Waals surface area (Å²) in [6.45, 7) is 4.85. The third-order valence-corrected chi connectivity index (χ3v) is 5.32. The lowest BCUT2D eigenvalue weighted by molar-refractivity contribution is -0.142. The quantitative estimate of drug-likeness (QED) is 0.206. The molecule has 1 heterocycles. The maximum atomic E-state index is 12.9. The number of aromatic amines is 1. The minimum atomic E-state index is -1.25. The first kappa shape index (κ1) is 27.3. The van der Waals surface area contributed by atoms with Crippen LogP contribution >= 0.6 is 0 Å². The summed E-state index contributed by atoms with van der Waals surface area (Å²) in [7, 11) is 0. The highest BCUT2D eigenvalue weighted by molar-refractivity contribution is 5.94. The number of aromatic hydroxyl groups is 1. The molecule has 0 fully saturated rings. The number of imidazole rings is 1. The van der Waals surface area contributed by atoms with E-state index in [9.17, 15) is 29.4 Å². The number of H-pyrrole nitrogens is 1. The SMILES string of the molecule is CC(NC(=O)C(N)Cc1cnc[nH]1)C(=O)NC(C(=O)NC(Cc1ccc(O)cc1)C(=O)O)C(C)C. The van der Waals surface area contributed by atoms with Gasteiger partial charge in [-0.3, -0.25) is 14.4 Å². The number of hydrogen-bond acceptors (Lipinski definition) is 7. The second kappa shape index (κ2) is 12.5. The summed E-state index contributed by atoms with van der Waals surface area (Å²) in [5.74, 6) is -3.41. The van der Waals surface area contributed by atoms with Crippen LogP contribution in [-0.2, 0) is 32.0 Å². The topological polar surface area (TPSA) is 200 Å². The Morgan fingerprint density at radius 1 is 0.971 bits per heavy atom. The molecule has 190 valence electrons. The number of carbonyl (C=O) groups is 4. The number of aliphatic carboxylic acids is 1. The fourth-order valence-electron chi connectivity index (χ4n) is 3.25. The lowest BCUT2D eigenvalue weighted by Crippen LogP contribution is -2.58. The highest BCUT2D eigenvalue weighted by Crippen LogP contribution is 2.12. The van der Waals surface area contributed by atoms with Crippen LogP contribution in [0.15, 0.2) is 36.8 Å². The second-order valence-corrected chi connectivity index (χ2v) is 8.62. The predicted molar refractivity (Wildman–Crippen MR) is 126 cm³/mol. The number of carboxylic acid groups (broad SMARTS) is 1. The molecule has 0 aliphatic heterocycles. The average molecular weight is 489 g/mol. The Kier molecular flexibility index (Phi) is 9.76. The van der Waals surface area contributed by atoms with Gasteiger partial charge in [-0.2, -0.15) is 0 Å². The molecule has 3 amide bonds. The molecule has 0 saturated carbocycles. The number of benzene rings is 1. The van der Waals surface area contributed by atoms with Gasteiger partial charge in [-0.15, -0.1) is 0 Å². The van der Waals surface area contributed by atoms with E-state index >= 15 is 0 Å². The monoisotopic (exact) mass is 488 g/mol. The minimum absolute atomic E-state index is 0.0131. The molecular weight excluding hydrogens is 456 g/mol. The zero-order chi connectivity index (χ0) is 26.1. The Labute approximate surface area is 202 Å². The zero-order valence-electron chi connectivity index (χ0n) is 19.8. The van der Waals surface area contributed by atoms with Crippen LogP contribution in [-0.4, -0.2) is 68.0 Å². The standard InChI is InChI=1S/C23H32N6O6/c1-12(2)19(22(33)28-18(23(34)35)8-14-4-6-16(30)7-5-14)29-20(31)13(3)27-21(32)17(24)9-15-10-25-11-26-15/h4-7,10-13,17-19,30H,8-9,24H2,1-3H3,(H,25,26)(H,27,32)(H,28,33)(H,29,31)(H,34,35). The molecule has 0 saturated heterocycles. The van der Waals surface area contributed by atoms with Gasteiger partial charge in [-0.05, 0) is 30.5 Å². The molecule has 12 heteroatoms. The molecule has 0 radical (unpaired) electrons. The maximum Gasteiger partial charge on any atom is 0.326 e. The predicted octanol–water partition coefficient (Wildman–Crippen LogP) is -0.557. The number of phenolic OH excluding ortho intramolecular Hbond substituents is 1. The lowest BCUT2D eigenvalue weighted by atomic mass is 10.0. The number of nitrogens with one attached hydrogen (secondary N) is 4. The van der Waals surface area contributed by atoms with Crippen LogP contribution in [0.25, 0.3) is 0 Å². The third kappa shape index (κ3) is 8.41. The van der Waals surface area contributed by atoms with Crippen molar-refractivity contribution in [2.24, 2.45) is 11.7 Å². The van der Waals surface area contributed by atoms with Crippen LogP contribution < -0.4 is 21.7 Å². The molecule has 8 N–H and O–H groups in total. The van der Waals surface area contributed by atoms with E-state index in [0.29, 0.717) is 11.3 Å². The Bertz CT molecular complexity index is 1010. The number of hydrogen-bond donors (Lipinski definition) is 7.